The van der Waals surface area contributed by atoms with Crippen molar-refractivity contribution in [1.82, 2.24) is 10.6 Å². The van der Waals surface area contributed by atoms with Gasteiger partial charge in [0.2, 0.25) is 5.91 Å². The van der Waals surface area contributed by atoms with E-state index >= 15 is 0 Å². The van der Waals surface area contributed by atoms with Crippen LogP contribution in [-0.4, -0.2) is 40.6 Å². The molecule has 0 saturated heterocycles. The monoisotopic (exact) mass is 316 g/mol. The molecule has 1 aliphatic carbocycles. The molecule has 1 aliphatic rings. The highest BCUT2D eigenvalue weighted by Crippen LogP contribution is 2.26. The van der Waals surface area contributed by atoms with Crippen molar-refractivity contribution in [2.45, 2.75) is 57.2 Å². The Morgan fingerprint density at radius 1 is 1.29 bits per heavy atom. The molecule has 2 atom stereocenters. The Morgan fingerprint density at radius 3 is 2.52 bits per heavy atom. The van der Waals surface area contributed by atoms with Crippen LogP contribution in [0, 0.1) is 5.41 Å². The molecule has 2 unspecified atom stereocenters. The maximum absolute atomic E-state index is 11.8. The van der Waals surface area contributed by atoms with Crippen LogP contribution < -0.4 is 10.6 Å². The second-order valence-corrected chi connectivity index (χ2v) is 7.25. The average molecular weight is 316 g/mol. The summed E-state index contributed by atoms with van der Waals surface area (Å²) in [7, 11) is 0. The molecule has 0 radical (unpaired) electrons. The summed E-state index contributed by atoms with van der Waals surface area (Å²) in [5, 5.41) is 14.5. The highest BCUT2D eigenvalue weighted by Gasteiger charge is 2.31. The molecule has 0 aromatic carbocycles. The number of carbonyl (C=O) groups excluding carboxylic acids is 2. The Hall–Kier alpha value is -1.24. The Bertz CT molecular complexity index is 412. The standard InChI is InChI=1S/C14H24N2O4S/c1-14(2,12(18)19)8-11(17)16-13(20)15-9-5-4-6-10(7-9)21-3/h9-10H,4-8H2,1-3H3,(H,18,19)(H2,15,16,17,20). The molecular weight excluding hydrogens is 292 g/mol. The number of aliphatic carboxylic acids is 1. The molecule has 1 fully saturated rings. The fourth-order valence-corrected chi connectivity index (χ4v) is 3.19. The van der Waals surface area contributed by atoms with E-state index in [0.29, 0.717) is 5.25 Å². The van der Waals surface area contributed by atoms with Crippen LogP contribution in [0.3, 0.4) is 0 Å². The highest BCUT2D eigenvalue weighted by molar-refractivity contribution is 7.99. The lowest BCUT2D eigenvalue weighted by Crippen LogP contribution is -2.47. The predicted octanol–water partition coefficient (Wildman–Crippen LogP) is 1.99. The molecule has 0 spiro atoms. The van der Waals surface area contributed by atoms with Gasteiger partial charge in [0.05, 0.1) is 5.41 Å². The Kier molecular flexibility index (Phi) is 6.51. The largest absolute Gasteiger partial charge is 0.481 e. The molecule has 0 aromatic rings. The lowest BCUT2D eigenvalue weighted by molar-refractivity contribution is -0.149. The van der Waals surface area contributed by atoms with E-state index in [2.05, 4.69) is 16.9 Å². The van der Waals surface area contributed by atoms with Gasteiger partial charge in [-0.25, -0.2) is 4.79 Å². The summed E-state index contributed by atoms with van der Waals surface area (Å²) >= 11 is 1.80. The van der Waals surface area contributed by atoms with Gasteiger partial charge in [-0.1, -0.05) is 6.42 Å². The van der Waals surface area contributed by atoms with Gasteiger partial charge in [0.15, 0.2) is 0 Å². The number of nitrogens with one attached hydrogen (secondary N) is 2. The average Bonchev–Trinajstić information content (AvgIpc) is 2.37. The third-order valence-corrected chi connectivity index (χ3v) is 4.82. The van der Waals surface area contributed by atoms with Gasteiger partial charge in [-0.3, -0.25) is 14.9 Å². The van der Waals surface area contributed by atoms with Crippen LogP contribution in [0.1, 0.15) is 46.0 Å². The molecule has 120 valence electrons. The molecule has 7 heteroatoms. The maximum Gasteiger partial charge on any atom is 0.321 e. The number of rotatable bonds is 5. The normalized spacial score (nSPS) is 22.4. The van der Waals surface area contributed by atoms with Crippen LogP contribution >= 0.6 is 11.8 Å². The summed E-state index contributed by atoms with van der Waals surface area (Å²) < 4.78 is 0. The van der Waals surface area contributed by atoms with Crippen molar-refractivity contribution < 1.29 is 19.5 Å². The number of hydrogen-bond donors (Lipinski definition) is 3. The first-order valence-electron chi connectivity index (χ1n) is 7.11. The molecule has 0 heterocycles. The van der Waals surface area contributed by atoms with Crippen molar-refractivity contribution in [2.24, 2.45) is 5.41 Å². The van der Waals surface area contributed by atoms with E-state index < -0.39 is 23.3 Å². The van der Waals surface area contributed by atoms with E-state index in [4.69, 9.17) is 5.11 Å². The van der Waals surface area contributed by atoms with E-state index in [1.54, 1.807) is 11.8 Å². The molecule has 21 heavy (non-hydrogen) atoms. The van der Waals surface area contributed by atoms with Gasteiger partial charge in [-0.2, -0.15) is 11.8 Å². The van der Waals surface area contributed by atoms with E-state index in [9.17, 15) is 14.4 Å². The van der Waals surface area contributed by atoms with Gasteiger partial charge in [0.1, 0.15) is 0 Å². The number of carboxylic acid groups (broad SMARTS) is 1. The quantitative estimate of drug-likeness (QED) is 0.721. The summed E-state index contributed by atoms with van der Waals surface area (Å²) in [6.45, 7) is 2.91. The number of imide groups is 1. The fraction of sp³-hybridized carbons (Fsp3) is 0.786. The number of carbonyl (C=O) groups is 3. The van der Waals surface area contributed by atoms with Crippen molar-refractivity contribution in [3.8, 4) is 0 Å². The van der Waals surface area contributed by atoms with Crippen LogP contribution in [0.4, 0.5) is 4.79 Å². The minimum Gasteiger partial charge on any atom is -0.481 e. The Morgan fingerprint density at radius 2 is 1.95 bits per heavy atom. The van der Waals surface area contributed by atoms with E-state index in [1.165, 1.54) is 13.8 Å². The van der Waals surface area contributed by atoms with Crippen LogP contribution in [0.5, 0.6) is 0 Å². The highest BCUT2D eigenvalue weighted by atomic mass is 32.2. The van der Waals surface area contributed by atoms with Crippen molar-refractivity contribution in [2.75, 3.05) is 6.26 Å². The Balaban J connectivity index is 2.39. The third kappa shape index (κ3) is 5.95. The van der Waals surface area contributed by atoms with Gasteiger partial charge in [0.25, 0.3) is 0 Å². The first kappa shape index (κ1) is 17.8. The van der Waals surface area contributed by atoms with Crippen molar-refractivity contribution >= 4 is 29.7 Å². The molecule has 3 N–H and O–H groups in total. The number of hydrogen-bond acceptors (Lipinski definition) is 4. The molecule has 0 bridgehead atoms. The molecule has 3 amide bonds. The molecule has 6 nitrogen and oxygen atoms in total. The van der Waals surface area contributed by atoms with Crippen LogP contribution in [-0.2, 0) is 9.59 Å². The topological polar surface area (TPSA) is 95.5 Å². The third-order valence-electron chi connectivity index (χ3n) is 3.73. The lowest BCUT2D eigenvalue weighted by Gasteiger charge is -2.28. The molecule has 1 saturated carbocycles. The van der Waals surface area contributed by atoms with Crippen LogP contribution in [0.2, 0.25) is 0 Å². The van der Waals surface area contributed by atoms with Crippen molar-refractivity contribution in [3.05, 3.63) is 0 Å². The summed E-state index contributed by atoms with van der Waals surface area (Å²) in [4.78, 5) is 34.4. The maximum atomic E-state index is 11.8. The molecular formula is C14H24N2O4S. The van der Waals surface area contributed by atoms with Gasteiger partial charge in [-0.15, -0.1) is 0 Å². The van der Waals surface area contributed by atoms with Crippen molar-refractivity contribution in [1.29, 1.82) is 0 Å². The van der Waals surface area contributed by atoms with Gasteiger partial charge < -0.3 is 10.4 Å². The first-order chi connectivity index (χ1) is 9.74. The molecule has 0 aromatic heterocycles. The number of amides is 3. The van der Waals surface area contributed by atoms with Crippen molar-refractivity contribution in [3.63, 3.8) is 0 Å². The van der Waals surface area contributed by atoms with Gasteiger partial charge in [-0.05, 0) is 39.4 Å². The lowest BCUT2D eigenvalue weighted by atomic mass is 9.89. The summed E-state index contributed by atoms with van der Waals surface area (Å²) in [5.74, 6) is -1.63. The predicted molar refractivity (Wildman–Crippen MR) is 82.3 cm³/mol. The first-order valence-corrected chi connectivity index (χ1v) is 8.40. The second-order valence-electron chi connectivity index (χ2n) is 6.11. The van der Waals surface area contributed by atoms with E-state index in [1.807, 2.05) is 0 Å². The smallest absolute Gasteiger partial charge is 0.321 e. The minimum absolute atomic E-state index is 0.0801. The number of thioether (sulfide) groups is 1. The SMILES string of the molecule is CSC1CCCC(NC(=O)NC(=O)CC(C)(C)C(=O)O)C1. The zero-order valence-electron chi connectivity index (χ0n) is 12.8. The fourth-order valence-electron chi connectivity index (χ4n) is 2.36. The molecule has 1 rings (SSSR count). The number of urea groups is 1. The zero-order chi connectivity index (χ0) is 16.0. The van der Waals surface area contributed by atoms with Gasteiger partial charge >= 0.3 is 12.0 Å². The molecule has 0 aliphatic heterocycles. The second kappa shape index (κ2) is 7.68. The van der Waals surface area contributed by atoms with Crippen LogP contribution in [0.15, 0.2) is 0 Å². The Labute approximate surface area is 129 Å². The van der Waals surface area contributed by atoms with E-state index in [-0.39, 0.29) is 12.5 Å². The minimum atomic E-state index is -1.18. The summed E-state index contributed by atoms with van der Waals surface area (Å²) in [6.07, 6.45) is 5.88. The van der Waals surface area contributed by atoms with Gasteiger partial charge in [0, 0.05) is 17.7 Å². The summed E-state index contributed by atoms with van der Waals surface area (Å²) in [6, 6.07) is -0.454. The summed E-state index contributed by atoms with van der Waals surface area (Å²) in [5.41, 5.74) is -1.18. The number of carboxylic acids is 1. The van der Waals surface area contributed by atoms with Crippen LogP contribution in [0.25, 0.3) is 0 Å². The van der Waals surface area contributed by atoms with E-state index in [0.717, 1.165) is 25.7 Å². The zero-order valence-corrected chi connectivity index (χ0v) is 13.6.